The Bertz CT molecular complexity index is 121. The molecule has 0 atom stereocenters. The number of rotatable bonds is 3. The molecule has 0 aromatic carbocycles. The largest absolute Gasteiger partial charge is 0.320 e. The molecule has 0 radical (unpaired) electrons. The van der Waals surface area contributed by atoms with E-state index in [0.717, 1.165) is 11.8 Å². The number of nitrogens with zero attached hydrogens (tertiary/aromatic N) is 1. The molecule has 0 amide bonds. The molecular formula is C13H30N2. The number of piperidine rings is 1. The van der Waals surface area contributed by atoms with E-state index in [0.29, 0.717) is 0 Å². The van der Waals surface area contributed by atoms with Crippen molar-refractivity contribution in [3.05, 3.63) is 0 Å². The average Bonchev–Trinajstić information content (AvgIpc) is 2.16. The first-order valence-electron chi connectivity index (χ1n) is 6.39. The molecule has 0 bridgehead atoms. The van der Waals surface area contributed by atoms with Gasteiger partial charge in [-0.25, -0.2) is 0 Å². The van der Waals surface area contributed by atoms with Gasteiger partial charge in [0.2, 0.25) is 0 Å². The fourth-order valence-corrected chi connectivity index (χ4v) is 1.70. The van der Waals surface area contributed by atoms with Crippen LogP contribution in [0.25, 0.3) is 0 Å². The molecule has 92 valence electrons. The maximum Gasteiger partial charge on any atom is -0.00191 e. The van der Waals surface area contributed by atoms with Crippen LogP contribution in [0, 0.1) is 11.8 Å². The highest BCUT2D eigenvalue weighted by Gasteiger charge is 2.15. The van der Waals surface area contributed by atoms with Crippen molar-refractivity contribution in [1.29, 1.82) is 0 Å². The van der Waals surface area contributed by atoms with Crippen molar-refractivity contribution in [2.45, 2.75) is 40.0 Å². The van der Waals surface area contributed by atoms with E-state index < -0.39 is 0 Å². The third-order valence-corrected chi connectivity index (χ3v) is 2.64. The van der Waals surface area contributed by atoms with Crippen molar-refractivity contribution in [1.82, 2.24) is 10.2 Å². The molecule has 1 aliphatic rings. The van der Waals surface area contributed by atoms with Gasteiger partial charge in [-0.05, 0) is 64.8 Å². The van der Waals surface area contributed by atoms with Crippen LogP contribution in [0.15, 0.2) is 0 Å². The number of nitrogens with one attached hydrogen (secondary N) is 1. The summed E-state index contributed by atoms with van der Waals surface area (Å²) in [5.74, 6) is 1.82. The van der Waals surface area contributed by atoms with Crippen LogP contribution in [0.2, 0.25) is 0 Å². The minimum absolute atomic E-state index is 0.833. The van der Waals surface area contributed by atoms with E-state index in [-0.39, 0.29) is 0 Å². The SMILES string of the molecule is CC(C)C.CNCCC1CCN(C)CC1. The van der Waals surface area contributed by atoms with Gasteiger partial charge in [-0.15, -0.1) is 0 Å². The minimum Gasteiger partial charge on any atom is -0.320 e. The summed E-state index contributed by atoms with van der Waals surface area (Å²) in [6.45, 7) is 10.3. The number of hydrogen-bond donors (Lipinski definition) is 1. The normalized spacial score (nSPS) is 18.8. The molecule has 1 aliphatic heterocycles. The second kappa shape index (κ2) is 9.17. The quantitative estimate of drug-likeness (QED) is 0.777. The Morgan fingerprint density at radius 1 is 1.20 bits per heavy atom. The molecular weight excluding hydrogens is 184 g/mol. The lowest BCUT2D eigenvalue weighted by Gasteiger charge is -2.28. The Morgan fingerprint density at radius 3 is 2.07 bits per heavy atom. The van der Waals surface area contributed by atoms with Crippen LogP contribution in [0.3, 0.4) is 0 Å². The predicted octanol–water partition coefficient (Wildman–Crippen LogP) is 2.60. The van der Waals surface area contributed by atoms with Gasteiger partial charge in [0.25, 0.3) is 0 Å². The second-order valence-electron chi connectivity index (χ2n) is 5.37. The molecule has 15 heavy (non-hydrogen) atoms. The Morgan fingerprint density at radius 2 is 1.67 bits per heavy atom. The highest BCUT2D eigenvalue weighted by Crippen LogP contribution is 2.18. The summed E-state index contributed by atoms with van der Waals surface area (Å²) in [5.41, 5.74) is 0. The second-order valence-corrected chi connectivity index (χ2v) is 5.37. The lowest BCUT2D eigenvalue weighted by molar-refractivity contribution is 0.212. The molecule has 1 N–H and O–H groups in total. The van der Waals surface area contributed by atoms with E-state index in [1.165, 1.54) is 38.9 Å². The van der Waals surface area contributed by atoms with Crippen LogP contribution in [-0.2, 0) is 0 Å². The molecule has 0 aromatic rings. The average molecular weight is 214 g/mol. The first-order valence-corrected chi connectivity index (χ1v) is 6.39. The Kier molecular flexibility index (Phi) is 9.12. The van der Waals surface area contributed by atoms with Crippen molar-refractivity contribution in [2.75, 3.05) is 33.7 Å². The summed E-state index contributed by atoms with van der Waals surface area (Å²) < 4.78 is 0. The van der Waals surface area contributed by atoms with Crippen LogP contribution in [0.4, 0.5) is 0 Å². The molecule has 1 saturated heterocycles. The van der Waals surface area contributed by atoms with E-state index in [2.05, 4.69) is 38.0 Å². The highest BCUT2D eigenvalue weighted by molar-refractivity contribution is 4.70. The van der Waals surface area contributed by atoms with Gasteiger partial charge in [-0.3, -0.25) is 0 Å². The molecule has 0 saturated carbocycles. The zero-order valence-electron chi connectivity index (χ0n) is 11.3. The van der Waals surface area contributed by atoms with Crippen LogP contribution in [0.5, 0.6) is 0 Å². The first-order chi connectivity index (χ1) is 7.06. The standard InChI is InChI=1S/C9H20N2.C4H10/c1-10-6-3-9-4-7-11(2)8-5-9;1-4(2)3/h9-10H,3-8H2,1-2H3;4H,1-3H3. The maximum atomic E-state index is 3.21. The van der Waals surface area contributed by atoms with E-state index in [1.54, 1.807) is 0 Å². The third kappa shape index (κ3) is 10.2. The van der Waals surface area contributed by atoms with Crippen LogP contribution in [0.1, 0.15) is 40.0 Å². The predicted molar refractivity (Wildman–Crippen MR) is 69.3 cm³/mol. The maximum absolute atomic E-state index is 3.21. The van der Waals surface area contributed by atoms with Gasteiger partial charge in [0.1, 0.15) is 0 Å². The Hall–Kier alpha value is -0.0800. The summed E-state index contributed by atoms with van der Waals surface area (Å²) in [4.78, 5) is 2.43. The topological polar surface area (TPSA) is 15.3 Å². The summed E-state index contributed by atoms with van der Waals surface area (Å²) >= 11 is 0. The molecule has 2 heteroatoms. The summed E-state index contributed by atoms with van der Waals surface area (Å²) in [6.07, 6.45) is 4.17. The lowest BCUT2D eigenvalue weighted by Crippen LogP contribution is -2.31. The van der Waals surface area contributed by atoms with Crippen molar-refractivity contribution >= 4 is 0 Å². The molecule has 1 rings (SSSR count). The van der Waals surface area contributed by atoms with Crippen LogP contribution < -0.4 is 5.32 Å². The smallest absolute Gasteiger partial charge is 0.00191 e. The third-order valence-electron chi connectivity index (χ3n) is 2.64. The van der Waals surface area contributed by atoms with E-state index in [1.807, 2.05) is 7.05 Å². The molecule has 0 unspecified atom stereocenters. The molecule has 1 fully saturated rings. The van der Waals surface area contributed by atoms with Gasteiger partial charge < -0.3 is 10.2 Å². The van der Waals surface area contributed by atoms with Crippen LogP contribution >= 0.6 is 0 Å². The van der Waals surface area contributed by atoms with Gasteiger partial charge in [0.15, 0.2) is 0 Å². The van der Waals surface area contributed by atoms with E-state index in [9.17, 15) is 0 Å². The summed E-state index contributed by atoms with van der Waals surface area (Å²) in [5, 5.41) is 3.21. The summed E-state index contributed by atoms with van der Waals surface area (Å²) in [7, 11) is 4.25. The zero-order chi connectivity index (χ0) is 11.7. The molecule has 0 aromatic heterocycles. The molecule has 0 spiro atoms. The van der Waals surface area contributed by atoms with E-state index in [4.69, 9.17) is 0 Å². The fraction of sp³-hybridized carbons (Fsp3) is 1.00. The van der Waals surface area contributed by atoms with Crippen molar-refractivity contribution in [3.63, 3.8) is 0 Å². The van der Waals surface area contributed by atoms with Crippen LogP contribution in [-0.4, -0.2) is 38.6 Å². The fourth-order valence-electron chi connectivity index (χ4n) is 1.70. The number of likely N-dealkylation sites (tertiary alicyclic amines) is 1. The Labute approximate surface area is 96.4 Å². The first kappa shape index (κ1) is 14.9. The zero-order valence-corrected chi connectivity index (χ0v) is 11.3. The van der Waals surface area contributed by atoms with Gasteiger partial charge in [0, 0.05) is 0 Å². The van der Waals surface area contributed by atoms with Gasteiger partial charge in [-0.1, -0.05) is 20.8 Å². The molecule has 2 nitrogen and oxygen atoms in total. The Balaban J connectivity index is 0.000000423. The summed E-state index contributed by atoms with van der Waals surface area (Å²) in [6, 6.07) is 0. The van der Waals surface area contributed by atoms with Crippen molar-refractivity contribution in [2.24, 2.45) is 11.8 Å². The lowest BCUT2D eigenvalue weighted by atomic mass is 9.94. The number of hydrogen-bond acceptors (Lipinski definition) is 2. The van der Waals surface area contributed by atoms with Gasteiger partial charge in [-0.2, -0.15) is 0 Å². The van der Waals surface area contributed by atoms with Crippen molar-refractivity contribution in [3.8, 4) is 0 Å². The van der Waals surface area contributed by atoms with Gasteiger partial charge in [0.05, 0.1) is 0 Å². The van der Waals surface area contributed by atoms with E-state index >= 15 is 0 Å². The molecule has 0 aliphatic carbocycles. The monoisotopic (exact) mass is 214 g/mol. The van der Waals surface area contributed by atoms with Gasteiger partial charge >= 0.3 is 0 Å². The van der Waals surface area contributed by atoms with Crippen molar-refractivity contribution < 1.29 is 0 Å². The molecule has 1 heterocycles. The highest BCUT2D eigenvalue weighted by atomic mass is 15.1. The minimum atomic E-state index is 0.833.